The van der Waals surface area contributed by atoms with Crippen molar-refractivity contribution in [1.82, 2.24) is 5.32 Å². The molecule has 1 aromatic rings. The van der Waals surface area contributed by atoms with Crippen LogP contribution in [0.15, 0.2) is 30.4 Å². The summed E-state index contributed by atoms with van der Waals surface area (Å²) in [6.07, 6.45) is 0. The number of hydrogen-bond donors (Lipinski definition) is 2. The summed E-state index contributed by atoms with van der Waals surface area (Å²) in [5.74, 6) is -0.162. The third-order valence-corrected chi connectivity index (χ3v) is 2.41. The van der Waals surface area contributed by atoms with E-state index in [1.165, 1.54) is 0 Å². The van der Waals surface area contributed by atoms with Crippen LogP contribution in [0.25, 0.3) is 0 Å². The van der Waals surface area contributed by atoms with Crippen LogP contribution >= 0.6 is 0 Å². The molecule has 0 aliphatic heterocycles. The van der Waals surface area contributed by atoms with Gasteiger partial charge in [-0.3, -0.25) is 4.79 Å². The molecule has 1 aromatic carbocycles. The fourth-order valence-corrected chi connectivity index (χ4v) is 1.57. The molecule has 0 bridgehead atoms. The number of anilines is 1. The second-order valence-electron chi connectivity index (χ2n) is 4.30. The van der Waals surface area contributed by atoms with E-state index in [2.05, 4.69) is 11.9 Å². The molecule has 18 heavy (non-hydrogen) atoms. The highest BCUT2D eigenvalue weighted by Crippen LogP contribution is 2.15. The van der Waals surface area contributed by atoms with Crippen molar-refractivity contribution in [1.29, 1.82) is 0 Å². The number of carbonyl (C=O) groups is 1. The van der Waals surface area contributed by atoms with Crippen LogP contribution in [0.5, 0.6) is 0 Å². The minimum atomic E-state index is -0.162. The monoisotopic (exact) mass is 248 g/mol. The summed E-state index contributed by atoms with van der Waals surface area (Å²) in [5.41, 5.74) is 8.66. The Kier molecular flexibility index (Phi) is 5.39. The number of nitrogens with one attached hydrogen (secondary N) is 1. The van der Waals surface area contributed by atoms with Gasteiger partial charge in [-0.1, -0.05) is 24.3 Å². The lowest BCUT2D eigenvalue weighted by Crippen LogP contribution is -2.28. The molecule has 1 amide bonds. The van der Waals surface area contributed by atoms with Crippen molar-refractivity contribution in [3.63, 3.8) is 0 Å². The minimum Gasteiger partial charge on any atom is -0.398 e. The zero-order valence-corrected chi connectivity index (χ0v) is 11.0. The van der Waals surface area contributed by atoms with Crippen LogP contribution in [-0.4, -0.2) is 25.7 Å². The van der Waals surface area contributed by atoms with Crippen molar-refractivity contribution in [2.45, 2.75) is 13.8 Å². The molecular weight excluding hydrogens is 228 g/mol. The fourth-order valence-electron chi connectivity index (χ4n) is 1.57. The molecule has 0 fully saturated rings. The van der Waals surface area contributed by atoms with Crippen molar-refractivity contribution < 1.29 is 9.53 Å². The molecular formula is C14H20N2O2. The number of benzene rings is 1. The normalized spacial score (nSPS) is 10.1. The molecule has 0 radical (unpaired) electrons. The fraction of sp³-hybridized carbons (Fsp3) is 0.357. The van der Waals surface area contributed by atoms with Crippen molar-refractivity contribution in [2.24, 2.45) is 0 Å². The summed E-state index contributed by atoms with van der Waals surface area (Å²) in [6, 6.07) is 5.42. The van der Waals surface area contributed by atoms with Gasteiger partial charge in [-0.25, -0.2) is 0 Å². The maximum Gasteiger partial charge on any atom is 0.253 e. The molecule has 0 aliphatic carbocycles. The van der Waals surface area contributed by atoms with Crippen molar-refractivity contribution in [2.75, 3.05) is 25.5 Å². The average Bonchev–Trinajstić information content (AvgIpc) is 2.27. The summed E-state index contributed by atoms with van der Waals surface area (Å²) in [7, 11) is 0. The van der Waals surface area contributed by atoms with Gasteiger partial charge in [0.15, 0.2) is 0 Å². The zero-order valence-electron chi connectivity index (χ0n) is 11.0. The Morgan fingerprint density at radius 3 is 2.83 bits per heavy atom. The molecule has 0 atom stereocenters. The van der Waals surface area contributed by atoms with Crippen LogP contribution in [-0.2, 0) is 4.74 Å². The Hall–Kier alpha value is -1.81. The van der Waals surface area contributed by atoms with Crippen LogP contribution in [0.3, 0.4) is 0 Å². The number of ether oxygens (including phenoxy) is 1. The van der Waals surface area contributed by atoms with E-state index >= 15 is 0 Å². The highest BCUT2D eigenvalue weighted by atomic mass is 16.5. The predicted molar refractivity (Wildman–Crippen MR) is 73.6 cm³/mol. The van der Waals surface area contributed by atoms with Gasteiger partial charge in [0.05, 0.1) is 18.8 Å². The van der Waals surface area contributed by atoms with E-state index in [4.69, 9.17) is 10.5 Å². The summed E-state index contributed by atoms with van der Waals surface area (Å²) in [4.78, 5) is 11.9. The number of hydrogen-bond acceptors (Lipinski definition) is 3. The Bertz CT molecular complexity index is 421. The number of nitrogens with two attached hydrogens (primary N) is 1. The van der Waals surface area contributed by atoms with Gasteiger partial charge >= 0.3 is 0 Å². The third-order valence-electron chi connectivity index (χ3n) is 2.41. The van der Waals surface area contributed by atoms with Crippen LogP contribution in [0.4, 0.5) is 5.69 Å². The molecule has 0 aromatic heterocycles. The minimum absolute atomic E-state index is 0.162. The first-order chi connectivity index (χ1) is 8.52. The predicted octanol–water partition coefficient (Wildman–Crippen LogP) is 1.90. The molecule has 0 spiro atoms. The van der Waals surface area contributed by atoms with Gasteiger partial charge in [0, 0.05) is 12.2 Å². The molecule has 1 rings (SSSR count). The molecule has 4 heteroatoms. The first-order valence-electron chi connectivity index (χ1n) is 5.87. The van der Waals surface area contributed by atoms with Gasteiger partial charge in [-0.15, -0.1) is 0 Å². The summed E-state index contributed by atoms with van der Waals surface area (Å²) in [5, 5.41) is 2.78. The lowest BCUT2D eigenvalue weighted by Gasteiger charge is -2.10. The molecule has 0 heterocycles. The Labute approximate surface area is 108 Å². The van der Waals surface area contributed by atoms with Crippen LogP contribution < -0.4 is 11.1 Å². The second-order valence-corrected chi connectivity index (χ2v) is 4.30. The van der Waals surface area contributed by atoms with Gasteiger partial charge in [0.2, 0.25) is 0 Å². The Morgan fingerprint density at radius 1 is 1.50 bits per heavy atom. The van der Waals surface area contributed by atoms with E-state index < -0.39 is 0 Å². The summed E-state index contributed by atoms with van der Waals surface area (Å²) in [6.45, 7) is 8.93. The van der Waals surface area contributed by atoms with Crippen LogP contribution in [0.1, 0.15) is 22.8 Å². The molecule has 0 saturated heterocycles. The number of aryl methyl sites for hydroxylation is 1. The highest BCUT2D eigenvalue weighted by molar-refractivity contribution is 6.00. The lowest BCUT2D eigenvalue weighted by molar-refractivity contribution is 0.0927. The van der Waals surface area contributed by atoms with Gasteiger partial charge in [-0.2, -0.15) is 0 Å². The SMILES string of the molecule is C=C(C)COCCNC(=O)c1c(C)cccc1N. The van der Waals surface area contributed by atoms with E-state index in [1.54, 1.807) is 6.07 Å². The van der Waals surface area contributed by atoms with Crippen molar-refractivity contribution >= 4 is 11.6 Å². The smallest absolute Gasteiger partial charge is 0.253 e. The molecule has 98 valence electrons. The summed E-state index contributed by atoms with van der Waals surface area (Å²) >= 11 is 0. The number of carbonyl (C=O) groups excluding carboxylic acids is 1. The Balaban J connectivity index is 2.44. The van der Waals surface area contributed by atoms with Gasteiger partial charge in [-0.05, 0) is 25.5 Å². The van der Waals surface area contributed by atoms with E-state index in [0.29, 0.717) is 31.0 Å². The zero-order chi connectivity index (χ0) is 13.5. The van der Waals surface area contributed by atoms with Crippen LogP contribution in [0, 0.1) is 6.92 Å². The maximum absolute atomic E-state index is 11.9. The standard InChI is InChI=1S/C14H20N2O2/c1-10(2)9-18-8-7-16-14(17)13-11(3)5-4-6-12(13)15/h4-6H,1,7-9,15H2,2-3H3,(H,16,17). The molecule has 0 aliphatic rings. The van der Waals surface area contributed by atoms with E-state index in [1.807, 2.05) is 26.0 Å². The summed E-state index contributed by atoms with van der Waals surface area (Å²) < 4.78 is 5.30. The Morgan fingerprint density at radius 2 is 2.22 bits per heavy atom. The van der Waals surface area contributed by atoms with Gasteiger partial charge in [0.25, 0.3) is 5.91 Å². The van der Waals surface area contributed by atoms with E-state index in [0.717, 1.165) is 11.1 Å². The topological polar surface area (TPSA) is 64.3 Å². The van der Waals surface area contributed by atoms with Gasteiger partial charge < -0.3 is 15.8 Å². The highest BCUT2D eigenvalue weighted by Gasteiger charge is 2.11. The second kappa shape index (κ2) is 6.81. The molecule has 0 unspecified atom stereocenters. The molecule has 0 saturated carbocycles. The third kappa shape index (κ3) is 4.22. The van der Waals surface area contributed by atoms with Crippen molar-refractivity contribution in [3.05, 3.63) is 41.5 Å². The van der Waals surface area contributed by atoms with Gasteiger partial charge in [0.1, 0.15) is 0 Å². The lowest BCUT2D eigenvalue weighted by atomic mass is 10.1. The quantitative estimate of drug-likeness (QED) is 0.459. The number of amides is 1. The number of nitrogen functional groups attached to an aromatic ring is 1. The van der Waals surface area contributed by atoms with E-state index in [-0.39, 0.29) is 5.91 Å². The molecule has 3 N–H and O–H groups in total. The largest absolute Gasteiger partial charge is 0.398 e. The first-order valence-corrected chi connectivity index (χ1v) is 5.87. The average molecular weight is 248 g/mol. The molecule has 4 nitrogen and oxygen atoms in total. The number of rotatable bonds is 6. The van der Waals surface area contributed by atoms with Crippen LogP contribution in [0.2, 0.25) is 0 Å². The van der Waals surface area contributed by atoms with Crippen molar-refractivity contribution in [3.8, 4) is 0 Å². The first kappa shape index (κ1) is 14.3. The maximum atomic E-state index is 11.9. The van der Waals surface area contributed by atoms with E-state index in [9.17, 15) is 4.79 Å².